The number of amides is 1. The first-order valence-electron chi connectivity index (χ1n) is 6.63. The molecule has 7 heteroatoms. The maximum atomic E-state index is 12.2. The maximum Gasteiger partial charge on any atom is 0.411 e. The molecule has 1 aromatic rings. The molecule has 7 nitrogen and oxygen atoms in total. The first-order chi connectivity index (χ1) is 9.60. The molecule has 2 atom stereocenters. The van der Waals surface area contributed by atoms with Crippen LogP contribution in [-0.4, -0.2) is 38.9 Å². The SMILES string of the molecule is CC(O)C1c2oc(C(=O)O)cc2CN1C(=O)OC(C)(C)C. The number of nitrogens with zero attached hydrogens (tertiary/aromatic N) is 1. The first-order valence-corrected chi connectivity index (χ1v) is 6.63. The minimum absolute atomic E-state index is 0.149. The van der Waals surface area contributed by atoms with Crippen LogP contribution in [-0.2, 0) is 11.3 Å². The van der Waals surface area contributed by atoms with Crippen LogP contribution in [0.1, 0.15) is 55.6 Å². The summed E-state index contributed by atoms with van der Waals surface area (Å²) in [4.78, 5) is 24.5. The Bertz CT molecular complexity index is 569. The summed E-state index contributed by atoms with van der Waals surface area (Å²) in [6.45, 7) is 6.91. The van der Waals surface area contributed by atoms with Crippen molar-refractivity contribution in [1.29, 1.82) is 0 Å². The van der Waals surface area contributed by atoms with Crippen LogP contribution >= 0.6 is 0 Å². The van der Waals surface area contributed by atoms with E-state index in [1.807, 2.05) is 0 Å². The number of furan rings is 1. The van der Waals surface area contributed by atoms with Crippen molar-refractivity contribution in [2.45, 2.75) is 52.0 Å². The molecule has 0 saturated heterocycles. The summed E-state index contributed by atoms with van der Waals surface area (Å²) in [6.07, 6.45) is -1.48. The normalized spacial score (nSPS) is 19.3. The molecule has 0 bridgehead atoms. The van der Waals surface area contributed by atoms with Gasteiger partial charge in [-0.3, -0.25) is 4.90 Å². The summed E-state index contributed by atoms with van der Waals surface area (Å²) in [5.74, 6) is -1.08. The second kappa shape index (κ2) is 5.07. The first kappa shape index (κ1) is 15.4. The quantitative estimate of drug-likeness (QED) is 0.867. The van der Waals surface area contributed by atoms with Crippen molar-refractivity contribution in [3.63, 3.8) is 0 Å². The average Bonchev–Trinajstić information content (AvgIpc) is 2.81. The van der Waals surface area contributed by atoms with E-state index >= 15 is 0 Å². The van der Waals surface area contributed by atoms with Crippen LogP contribution < -0.4 is 0 Å². The number of carboxylic acid groups (broad SMARTS) is 1. The average molecular weight is 297 g/mol. The predicted molar refractivity (Wildman–Crippen MR) is 71.9 cm³/mol. The summed E-state index contributed by atoms with van der Waals surface area (Å²) >= 11 is 0. The number of carboxylic acids is 1. The Balaban J connectivity index is 2.28. The van der Waals surface area contributed by atoms with Crippen LogP contribution in [0.25, 0.3) is 0 Å². The molecule has 2 unspecified atom stereocenters. The third-order valence-electron chi connectivity index (χ3n) is 3.08. The highest BCUT2D eigenvalue weighted by atomic mass is 16.6. The summed E-state index contributed by atoms with van der Waals surface area (Å²) in [6, 6.07) is 0.625. The van der Waals surface area contributed by atoms with Crippen molar-refractivity contribution >= 4 is 12.1 Å². The Kier molecular flexibility index (Phi) is 3.71. The van der Waals surface area contributed by atoms with Gasteiger partial charge in [0.1, 0.15) is 17.4 Å². The fourth-order valence-electron chi connectivity index (χ4n) is 2.32. The number of ether oxygens (including phenoxy) is 1. The van der Waals surface area contributed by atoms with Gasteiger partial charge >= 0.3 is 12.1 Å². The molecule has 0 radical (unpaired) electrons. The van der Waals surface area contributed by atoms with Gasteiger partial charge in [-0.05, 0) is 33.8 Å². The summed E-state index contributed by atoms with van der Waals surface area (Å²) in [5, 5.41) is 18.8. The van der Waals surface area contributed by atoms with E-state index in [2.05, 4.69) is 0 Å². The van der Waals surface area contributed by atoms with Crippen LogP contribution in [0, 0.1) is 0 Å². The number of hydrogen-bond donors (Lipinski definition) is 2. The van der Waals surface area contributed by atoms with Crippen LogP contribution in [0.5, 0.6) is 0 Å². The molecule has 1 aliphatic rings. The number of carbonyl (C=O) groups excluding carboxylic acids is 1. The zero-order valence-corrected chi connectivity index (χ0v) is 12.4. The lowest BCUT2D eigenvalue weighted by molar-refractivity contribution is -0.00367. The minimum atomic E-state index is -1.18. The number of rotatable bonds is 2. The van der Waals surface area contributed by atoms with Crippen molar-refractivity contribution in [2.24, 2.45) is 0 Å². The van der Waals surface area contributed by atoms with E-state index in [1.165, 1.54) is 17.9 Å². The van der Waals surface area contributed by atoms with Crippen molar-refractivity contribution in [1.82, 2.24) is 4.90 Å². The molecule has 2 rings (SSSR count). The van der Waals surface area contributed by atoms with Crippen LogP contribution in [0.3, 0.4) is 0 Å². The molecule has 21 heavy (non-hydrogen) atoms. The summed E-state index contributed by atoms with van der Waals surface area (Å²) in [7, 11) is 0. The molecule has 0 aliphatic carbocycles. The number of fused-ring (bicyclic) bond motifs is 1. The van der Waals surface area contributed by atoms with Gasteiger partial charge in [0.25, 0.3) is 0 Å². The Labute approximate surface area is 122 Å². The molecule has 1 aliphatic heterocycles. The monoisotopic (exact) mass is 297 g/mol. The molecule has 0 aromatic carbocycles. The van der Waals surface area contributed by atoms with E-state index in [1.54, 1.807) is 20.8 Å². The molecule has 2 N–H and O–H groups in total. The highest BCUT2D eigenvalue weighted by Crippen LogP contribution is 2.39. The fourth-order valence-corrected chi connectivity index (χ4v) is 2.32. The number of aliphatic hydroxyl groups excluding tert-OH is 1. The Morgan fingerprint density at radius 1 is 1.48 bits per heavy atom. The second-order valence-electron chi connectivity index (χ2n) is 6.10. The zero-order valence-electron chi connectivity index (χ0n) is 12.4. The number of carbonyl (C=O) groups is 2. The molecule has 0 fully saturated rings. The third kappa shape index (κ3) is 3.02. The van der Waals surface area contributed by atoms with E-state index in [4.69, 9.17) is 14.3 Å². The molecule has 2 heterocycles. The molecule has 1 aromatic heterocycles. The van der Waals surface area contributed by atoms with Gasteiger partial charge in [0.05, 0.1) is 12.6 Å². The lowest BCUT2D eigenvalue weighted by atomic mass is 10.1. The second-order valence-corrected chi connectivity index (χ2v) is 6.10. The van der Waals surface area contributed by atoms with Gasteiger partial charge in [-0.25, -0.2) is 9.59 Å². The van der Waals surface area contributed by atoms with Gasteiger partial charge < -0.3 is 19.4 Å². The standard InChI is InChI=1S/C14H19NO6/c1-7(16)10-11-8(5-9(20-11)12(17)18)6-15(10)13(19)21-14(2,3)4/h5,7,10,16H,6H2,1-4H3,(H,17,18). The minimum Gasteiger partial charge on any atom is -0.475 e. The van der Waals surface area contributed by atoms with Gasteiger partial charge in [-0.1, -0.05) is 0 Å². The van der Waals surface area contributed by atoms with Gasteiger partial charge in [0, 0.05) is 5.56 Å². The van der Waals surface area contributed by atoms with Crippen molar-refractivity contribution < 1.29 is 29.0 Å². The smallest absolute Gasteiger partial charge is 0.411 e. The summed E-state index contributed by atoms with van der Waals surface area (Å²) < 4.78 is 10.6. The largest absolute Gasteiger partial charge is 0.475 e. The maximum absolute atomic E-state index is 12.2. The molecule has 116 valence electrons. The van der Waals surface area contributed by atoms with Crippen molar-refractivity contribution in [2.75, 3.05) is 0 Å². The highest BCUT2D eigenvalue weighted by Gasteiger charge is 2.42. The van der Waals surface area contributed by atoms with Crippen LogP contribution in [0.2, 0.25) is 0 Å². The van der Waals surface area contributed by atoms with E-state index in [0.717, 1.165) is 0 Å². The molecule has 0 saturated carbocycles. The van der Waals surface area contributed by atoms with Crippen LogP contribution in [0.4, 0.5) is 4.79 Å². The predicted octanol–water partition coefficient (Wildman–Crippen LogP) is 2.15. The van der Waals surface area contributed by atoms with E-state index in [0.29, 0.717) is 11.3 Å². The topological polar surface area (TPSA) is 100 Å². The zero-order chi connectivity index (χ0) is 15.9. The summed E-state index contributed by atoms with van der Waals surface area (Å²) in [5.41, 5.74) is -0.0832. The molecule has 0 spiro atoms. The van der Waals surface area contributed by atoms with Crippen molar-refractivity contribution in [3.8, 4) is 0 Å². The Morgan fingerprint density at radius 2 is 2.10 bits per heavy atom. The fraction of sp³-hybridized carbons (Fsp3) is 0.571. The highest BCUT2D eigenvalue weighted by molar-refractivity contribution is 5.85. The number of aromatic carboxylic acids is 1. The number of hydrogen-bond acceptors (Lipinski definition) is 5. The van der Waals surface area contributed by atoms with Gasteiger partial charge in [0.2, 0.25) is 5.76 Å². The Morgan fingerprint density at radius 3 is 2.57 bits per heavy atom. The lowest BCUT2D eigenvalue weighted by Crippen LogP contribution is -2.39. The van der Waals surface area contributed by atoms with E-state index < -0.39 is 29.8 Å². The lowest BCUT2D eigenvalue weighted by Gasteiger charge is -2.29. The van der Waals surface area contributed by atoms with E-state index in [9.17, 15) is 14.7 Å². The molecular formula is C14H19NO6. The Hall–Kier alpha value is -2.02. The van der Waals surface area contributed by atoms with Gasteiger partial charge in [0.15, 0.2) is 0 Å². The van der Waals surface area contributed by atoms with E-state index in [-0.39, 0.29) is 12.3 Å². The van der Waals surface area contributed by atoms with Crippen LogP contribution in [0.15, 0.2) is 10.5 Å². The molecular weight excluding hydrogens is 278 g/mol. The number of aliphatic hydroxyl groups is 1. The van der Waals surface area contributed by atoms with Gasteiger partial charge in [-0.2, -0.15) is 0 Å². The van der Waals surface area contributed by atoms with Crippen molar-refractivity contribution in [3.05, 3.63) is 23.2 Å². The third-order valence-corrected chi connectivity index (χ3v) is 3.08. The van der Waals surface area contributed by atoms with Gasteiger partial charge in [-0.15, -0.1) is 0 Å². The molecule has 1 amide bonds.